The number of halogens is 4. The molecule has 7 nitrogen and oxygen atoms in total. The smallest absolute Gasteiger partial charge is 0.357 e. The molecule has 0 aromatic rings. The van der Waals surface area contributed by atoms with Gasteiger partial charge < -0.3 is 10.2 Å². The van der Waals surface area contributed by atoms with E-state index >= 15 is 0 Å². The van der Waals surface area contributed by atoms with E-state index < -0.39 is 22.2 Å². The van der Waals surface area contributed by atoms with Crippen LogP contribution in [0.3, 0.4) is 0 Å². The van der Waals surface area contributed by atoms with Crippen LogP contribution >= 0.6 is 24.0 Å². The molecule has 0 amide bonds. The fraction of sp³-hybridized carbons (Fsp3) is 0.933. The number of aliphatic imine (C=N–C) groups is 1. The average molecular weight is 527 g/mol. The minimum atomic E-state index is -4.22. The van der Waals surface area contributed by atoms with Gasteiger partial charge in [-0.3, -0.25) is 9.89 Å². The van der Waals surface area contributed by atoms with Crippen molar-refractivity contribution in [1.29, 1.82) is 0 Å². The van der Waals surface area contributed by atoms with Crippen molar-refractivity contribution in [2.45, 2.75) is 32.5 Å². The third-order valence-electron chi connectivity index (χ3n) is 4.78. The van der Waals surface area contributed by atoms with E-state index in [4.69, 9.17) is 0 Å². The summed E-state index contributed by atoms with van der Waals surface area (Å²) < 4.78 is 63.6. The second-order valence-corrected chi connectivity index (χ2v) is 8.63. The van der Waals surface area contributed by atoms with Crippen LogP contribution in [0, 0.1) is 0 Å². The molecule has 1 unspecified atom stereocenters. The summed E-state index contributed by atoms with van der Waals surface area (Å²) in [4.78, 5) is 7.83. The van der Waals surface area contributed by atoms with Crippen LogP contribution in [-0.2, 0) is 10.0 Å². The fourth-order valence-electron chi connectivity index (χ4n) is 3.16. The summed E-state index contributed by atoms with van der Waals surface area (Å²) in [5.74, 6) is 0.819. The first-order valence-corrected chi connectivity index (χ1v) is 10.6. The van der Waals surface area contributed by atoms with Crippen LogP contribution in [0.1, 0.15) is 20.3 Å². The number of sulfonamides is 1. The molecule has 1 N–H and O–H groups in total. The van der Waals surface area contributed by atoms with Gasteiger partial charge in [0.2, 0.25) is 10.0 Å². The highest BCUT2D eigenvalue weighted by Crippen LogP contribution is 2.25. The van der Waals surface area contributed by atoms with E-state index in [0.717, 1.165) is 0 Å². The molecule has 1 atom stereocenters. The molecule has 0 spiro atoms. The molecule has 0 saturated carbocycles. The molecule has 0 aromatic carbocycles. The molecular formula is C15H29F3IN5O2S. The van der Waals surface area contributed by atoms with Crippen LogP contribution in [0.15, 0.2) is 4.99 Å². The van der Waals surface area contributed by atoms with Crippen molar-refractivity contribution in [2.75, 3.05) is 58.1 Å². The van der Waals surface area contributed by atoms with Gasteiger partial charge in [-0.05, 0) is 20.3 Å². The molecule has 2 aliphatic rings. The third kappa shape index (κ3) is 6.89. The van der Waals surface area contributed by atoms with Crippen molar-refractivity contribution in [3.05, 3.63) is 0 Å². The van der Waals surface area contributed by atoms with Crippen LogP contribution in [0.4, 0.5) is 13.2 Å². The Morgan fingerprint density at radius 2 is 1.81 bits per heavy atom. The zero-order chi connectivity index (χ0) is 19.4. The van der Waals surface area contributed by atoms with Gasteiger partial charge in [-0.25, -0.2) is 12.7 Å². The highest BCUT2D eigenvalue weighted by Gasteiger charge is 2.41. The monoisotopic (exact) mass is 527 g/mol. The minimum Gasteiger partial charge on any atom is -0.357 e. The lowest BCUT2D eigenvalue weighted by molar-refractivity contribution is -0.181. The van der Waals surface area contributed by atoms with E-state index in [1.54, 1.807) is 0 Å². The Hall–Kier alpha value is -0.340. The number of hydrogen-bond donors (Lipinski definition) is 1. The molecule has 2 rings (SSSR count). The van der Waals surface area contributed by atoms with Gasteiger partial charge in [-0.15, -0.1) is 24.0 Å². The molecule has 27 heavy (non-hydrogen) atoms. The van der Waals surface area contributed by atoms with E-state index in [0.29, 0.717) is 64.7 Å². The highest BCUT2D eigenvalue weighted by atomic mass is 127. The van der Waals surface area contributed by atoms with Gasteiger partial charge in [0.1, 0.15) is 6.04 Å². The second-order valence-electron chi connectivity index (χ2n) is 6.54. The van der Waals surface area contributed by atoms with E-state index in [1.165, 1.54) is 16.1 Å². The quantitative estimate of drug-likeness (QED) is 0.331. The first-order chi connectivity index (χ1) is 12.1. The molecule has 0 aromatic heterocycles. The van der Waals surface area contributed by atoms with Crippen molar-refractivity contribution >= 4 is 40.0 Å². The largest absolute Gasteiger partial charge is 0.403 e. The van der Waals surface area contributed by atoms with Crippen molar-refractivity contribution in [3.8, 4) is 0 Å². The maximum Gasteiger partial charge on any atom is 0.403 e. The van der Waals surface area contributed by atoms with Gasteiger partial charge >= 0.3 is 6.18 Å². The van der Waals surface area contributed by atoms with Gasteiger partial charge in [0.25, 0.3) is 0 Å². The zero-order valence-electron chi connectivity index (χ0n) is 15.7. The molecule has 160 valence electrons. The van der Waals surface area contributed by atoms with E-state index in [9.17, 15) is 21.6 Å². The molecule has 0 radical (unpaired) electrons. The highest BCUT2D eigenvalue weighted by molar-refractivity contribution is 14.0. The number of piperazine rings is 1. The zero-order valence-corrected chi connectivity index (χ0v) is 18.9. The number of hydrogen-bond acceptors (Lipinski definition) is 4. The van der Waals surface area contributed by atoms with E-state index in [2.05, 4.69) is 10.3 Å². The van der Waals surface area contributed by atoms with Crippen LogP contribution in [0.2, 0.25) is 0 Å². The Labute approximate surface area is 176 Å². The molecule has 2 saturated heterocycles. The lowest BCUT2D eigenvalue weighted by atomic mass is 10.2. The summed E-state index contributed by atoms with van der Waals surface area (Å²) in [6.07, 6.45) is -3.58. The number of rotatable bonds is 5. The molecule has 2 aliphatic heterocycles. The average Bonchev–Trinajstić information content (AvgIpc) is 2.91. The lowest BCUT2D eigenvalue weighted by Gasteiger charge is -2.39. The van der Waals surface area contributed by atoms with Crippen molar-refractivity contribution in [3.63, 3.8) is 0 Å². The second kappa shape index (κ2) is 10.4. The molecule has 12 heteroatoms. The number of alkyl halides is 3. The van der Waals surface area contributed by atoms with Crippen LogP contribution < -0.4 is 5.32 Å². The Kier molecular flexibility index (Phi) is 9.55. The summed E-state index contributed by atoms with van der Waals surface area (Å²) in [5.41, 5.74) is 0. The van der Waals surface area contributed by atoms with Gasteiger partial charge in [0, 0.05) is 45.8 Å². The van der Waals surface area contributed by atoms with Crippen molar-refractivity contribution in [1.82, 2.24) is 19.4 Å². The predicted octanol–water partition coefficient (Wildman–Crippen LogP) is 1.17. The van der Waals surface area contributed by atoms with Crippen LogP contribution in [-0.4, -0.2) is 98.8 Å². The van der Waals surface area contributed by atoms with Crippen LogP contribution in [0.5, 0.6) is 0 Å². The summed E-state index contributed by atoms with van der Waals surface area (Å²) >= 11 is 0. The SMILES string of the molecule is CCNC(=NCCN1CCCS1(=O)=O)N1CCN(C(C)C(F)(F)F)CC1.I. The summed E-state index contributed by atoms with van der Waals surface area (Å²) in [7, 11) is -3.14. The number of nitrogens with one attached hydrogen (secondary N) is 1. The summed E-state index contributed by atoms with van der Waals surface area (Å²) in [6.45, 7) is 6.47. The van der Waals surface area contributed by atoms with Gasteiger partial charge in [-0.2, -0.15) is 13.2 Å². The van der Waals surface area contributed by atoms with Gasteiger partial charge in [-0.1, -0.05) is 0 Å². The number of nitrogens with zero attached hydrogens (tertiary/aromatic N) is 4. The van der Waals surface area contributed by atoms with Crippen molar-refractivity contribution in [2.24, 2.45) is 4.99 Å². The molecule has 2 fully saturated rings. The maximum atomic E-state index is 12.8. The van der Waals surface area contributed by atoms with E-state index in [-0.39, 0.29) is 29.7 Å². The van der Waals surface area contributed by atoms with Crippen LogP contribution in [0.25, 0.3) is 0 Å². The maximum absolute atomic E-state index is 12.8. The predicted molar refractivity (Wildman–Crippen MR) is 110 cm³/mol. The summed E-state index contributed by atoms with van der Waals surface area (Å²) in [5, 5.41) is 3.14. The Balaban J connectivity index is 0.00000364. The molecule has 0 aliphatic carbocycles. The first kappa shape index (κ1) is 24.7. The molecular weight excluding hydrogens is 498 g/mol. The first-order valence-electron chi connectivity index (χ1n) is 8.97. The fourth-order valence-corrected chi connectivity index (χ4v) is 4.68. The normalized spacial score (nSPS) is 23.1. The van der Waals surface area contributed by atoms with Gasteiger partial charge in [0.05, 0.1) is 12.3 Å². The van der Waals surface area contributed by atoms with Gasteiger partial charge in [0.15, 0.2) is 5.96 Å². The Morgan fingerprint density at radius 3 is 2.30 bits per heavy atom. The minimum absolute atomic E-state index is 0. The standard InChI is InChI=1S/C15H28F3N5O2S.HI/c1-3-19-14(20-5-7-23-6-4-12-26(23,24)25)22-10-8-21(9-11-22)13(2)15(16,17)18;/h13H,3-12H2,1-2H3,(H,19,20);1H. The lowest BCUT2D eigenvalue weighted by Crippen LogP contribution is -2.56. The Morgan fingerprint density at radius 1 is 1.19 bits per heavy atom. The topological polar surface area (TPSA) is 68.2 Å². The van der Waals surface area contributed by atoms with Crippen molar-refractivity contribution < 1.29 is 21.6 Å². The third-order valence-corrected chi connectivity index (χ3v) is 6.74. The number of guanidine groups is 1. The molecule has 2 heterocycles. The molecule has 0 bridgehead atoms. The van der Waals surface area contributed by atoms with E-state index in [1.807, 2.05) is 11.8 Å². The Bertz CT molecular complexity index is 595. The summed E-state index contributed by atoms with van der Waals surface area (Å²) in [6, 6.07) is -1.45.